The molecule has 1 aliphatic rings. The van der Waals surface area contributed by atoms with Gasteiger partial charge in [-0.15, -0.1) is 23.1 Å². The van der Waals surface area contributed by atoms with E-state index in [9.17, 15) is 14.7 Å². The monoisotopic (exact) mass is 327 g/mol. The molecule has 1 amide bonds. The highest BCUT2D eigenvalue weighted by atomic mass is 32.2. The van der Waals surface area contributed by atoms with Crippen molar-refractivity contribution in [1.82, 2.24) is 4.90 Å². The Bertz CT molecular complexity index is 479. The summed E-state index contributed by atoms with van der Waals surface area (Å²) in [6, 6.07) is 3.99. The molecule has 2 rings (SSSR count). The van der Waals surface area contributed by atoms with Gasteiger partial charge in [0.1, 0.15) is 0 Å². The van der Waals surface area contributed by atoms with E-state index in [1.807, 2.05) is 29.3 Å². The van der Waals surface area contributed by atoms with Crippen LogP contribution in [0.25, 0.3) is 0 Å². The summed E-state index contributed by atoms with van der Waals surface area (Å²) >= 11 is 3.19. The number of nitrogens with zero attached hydrogens (tertiary/aromatic N) is 1. The first kappa shape index (κ1) is 16.4. The number of carbonyl (C=O) groups excluding carboxylic acids is 1. The number of aliphatic carboxylic acids is 1. The van der Waals surface area contributed by atoms with Gasteiger partial charge in [-0.25, -0.2) is 0 Å². The predicted molar refractivity (Wildman–Crippen MR) is 85.8 cm³/mol. The molecular weight excluding hydrogens is 306 g/mol. The number of thioether (sulfide) groups is 1. The van der Waals surface area contributed by atoms with Crippen LogP contribution in [0, 0.1) is 5.41 Å². The SMILES string of the molecule is CCCC1(C(=O)O)CCN(C(=O)CSc2cccs2)CC1. The lowest BCUT2D eigenvalue weighted by molar-refractivity contribution is -0.154. The van der Waals surface area contributed by atoms with Crippen molar-refractivity contribution in [3.05, 3.63) is 17.5 Å². The average molecular weight is 327 g/mol. The summed E-state index contributed by atoms with van der Waals surface area (Å²) < 4.78 is 1.14. The fourth-order valence-electron chi connectivity index (χ4n) is 2.80. The fourth-order valence-corrected chi connectivity index (χ4v) is 4.49. The minimum absolute atomic E-state index is 0.115. The molecular formula is C15H21NO3S2. The standard InChI is InChI=1S/C15H21NO3S2/c1-2-5-15(14(18)19)6-8-16(9-7-15)12(17)11-21-13-4-3-10-20-13/h3-4,10H,2,5-9,11H2,1H3,(H,18,19). The van der Waals surface area contributed by atoms with Crippen molar-refractivity contribution in [2.24, 2.45) is 5.41 Å². The highest BCUT2D eigenvalue weighted by molar-refractivity contribution is 8.01. The molecule has 0 radical (unpaired) electrons. The topological polar surface area (TPSA) is 57.6 Å². The number of piperidine rings is 1. The van der Waals surface area contributed by atoms with E-state index in [0.717, 1.165) is 10.6 Å². The number of rotatable bonds is 6. The highest BCUT2D eigenvalue weighted by Crippen LogP contribution is 2.36. The van der Waals surface area contributed by atoms with Crippen LogP contribution < -0.4 is 0 Å². The maximum Gasteiger partial charge on any atom is 0.309 e. The van der Waals surface area contributed by atoms with E-state index in [-0.39, 0.29) is 5.91 Å². The first-order valence-corrected chi connectivity index (χ1v) is 9.11. The van der Waals surface area contributed by atoms with Crippen LogP contribution in [0.5, 0.6) is 0 Å². The molecule has 0 unspecified atom stereocenters. The molecule has 1 fully saturated rings. The Morgan fingerprint density at radius 3 is 2.67 bits per heavy atom. The fraction of sp³-hybridized carbons (Fsp3) is 0.600. The number of likely N-dealkylation sites (tertiary alicyclic amines) is 1. The summed E-state index contributed by atoms with van der Waals surface area (Å²) in [5.41, 5.74) is -0.619. The zero-order chi connectivity index (χ0) is 15.3. The number of carbonyl (C=O) groups is 2. The Balaban J connectivity index is 1.85. The zero-order valence-electron chi connectivity index (χ0n) is 12.2. The Labute approximate surface area is 133 Å². The van der Waals surface area contributed by atoms with Crippen LogP contribution in [0.1, 0.15) is 32.6 Å². The van der Waals surface area contributed by atoms with Crippen molar-refractivity contribution >= 4 is 35.0 Å². The molecule has 4 nitrogen and oxygen atoms in total. The average Bonchev–Trinajstić information content (AvgIpc) is 2.99. The van der Waals surface area contributed by atoms with E-state index in [1.165, 1.54) is 0 Å². The van der Waals surface area contributed by atoms with E-state index in [0.29, 0.717) is 38.1 Å². The van der Waals surface area contributed by atoms with E-state index in [4.69, 9.17) is 0 Å². The van der Waals surface area contributed by atoms with Gasteiger partial charge >= 0.3 is 5.97 Å². The summed E-state index contributed by atoms with van der Waals surface area (Å²) in [5.74, 6) is -0.151. The van der Waals surface area contributed by atoms with E-state index < -0.39 is 11.4 Å². The lowest BCUT2D eigenvalue weighted by Crippen LogP contribution is -2.47. The molecule has 0 bridgehead atoms. The van der Waals surface area contributed by atoms with E-state index >= 15 is 0 Å². The van der Waals surface area contributed by atoms with Gasteiger partial charge in [-0.3, -0.25) is 9.59 Å². The van der Waals surface area contributed by atoms with E-state index in [1.54, 1.807) is 23.1 Å². The first-order valence-electron chi connectivity index (χ1n) is 7.25. The zero-order valence-corrected chi connectivity index (χ0v) is 13.8. The van der Waals surface area contributed by atoms with Gasteiger partial charge in [-0.1, -0.05) is 19.4 Å². The van der Waals surface area contributed by atoms with Crippen molar-refractivity contribution in [3.8, 4) is 0 Å². The quantitative estimate of drug-likeness (QED) is 0.814. The molecule has 1 saturated heterocycles. The first-order chi connectivity index (χ1) is 10.1. The molecule has 6 heteroatoms. The Morgan fingerprint density at radius 1 is 1.43 bits per heavy atom. The molecule has 0 saturated carbocycles. The summed E-state index contributed by atoms with van der Waals surface area (Å²) in [6.07, 6.45) is 2.72. The molecule has 116 valence electrons. The van der Waals surface area contributed by atoms with Gasteiger partial charge in [0.25, 0.3) is 0 Å². The molecule has 0 aliphatic carbocycles. The normalized spacial score (nSPS) is 17.7. The van der Waals surface area contributed by atoms with Gasteiger partial charge < -0.3 is 10.0 Å². The molecule has 2 heterocycles. The summed E-state index contributed by atoms with van der Waals surface area (Å²) in [6.45, 7) is 3.14. The van der Waals surface area contributed by atoms with Crippen LogP contribution >= 0.6 is 23.1 Å². The van der Waals surface area contributed by atoms with Gasteiger partial charge in [0.15, 0.2) is 0 Å². The molecule has 1 N–H and O–H groups in total. The number of thiophene rings is 1. The van der Waals surface area contributed by atoms with Gasteiger partial charge in [-0.05, 0) is 30.7 Å². The lowest BCUT2D eigenvalue weighted by atomic mass is 9.75. The molecule has 1 aliphatic heterocycles. The molecule has 0 aromatic carbocycles. The second-order valence-electron chi connectivity index (χ2n) is 5.44. The minimum atomic E-state index is -0.704. The van der Waals surface area contributed by atoms with Crippen LogP contribution in [0.15, 0.2) is 21.7 Å². The minimum Gasteiger partial charge on any atom is -0.481 e. The number of carboxylic acids is 1. The maximum absolute atomic E-state index is 12.2. The Morgan fingerprint density at radius 2 is 2.14 bits per heavy atom. The van der Waals surface area contributed by atoms with Crippen molar-refractivity contribution < 1.29 is 14.7 Å². The van der Waals surface area contributed by atoms with Gasteiger partial charge in [-0.2, -0.15) is 0 Å². The van der Waals surface area contributed by atoms with Crippen molar-refractivity contribution in [2.45, 2.75) is 36.8 Å². The van der Waals surface area contributed by atoms with Crippen LogP contribution in [-0.4, -0.2) is 40.7 Å². The number of hydrogen-bond donors (Lipinski definition) is 1. The molecule has 0 spiro atoms. The Kier molecular flexibility index (Phi) is 5.70. The Hall–Kier alpha value is -1.01. The van der Waals surface area contributed by atoms with Crippen LogP contribution in [0.2, 0.25) is 0 Å². The van der Waals surface area contributed by atoms with Crippen LogP contribution in [-0.2, 0) is 9.59 Å². The highest BCUT2D eigenvalue weighted by Gasteiger charge is 2.41. The largest absolute Gasteiger partial charge is 0.481 e. The lowest BCUT2D eigenvalue weighted by Gasteiger charge is -2.38. The van der Waals surface area contributed by atoms with Gasteiger partial charge in [0, 0.05) is 13.1 Å². The van der Waals surface area contributed by atoms with Crippen molar-refractivity contribution in [3.63, 3.8) is 0 Å². The third-order valence-electron chi connectivity index (χ3n) is 4.09. The smallest absolute Gasteiger partial charge is 0.309 e. The summed E-state index contributed by atoms with van der Waals surface area (Å²) in [7, 11) is 0. The molecule has 1 aromatic rings. The second kappa shape index (κ2) is 7.31. The van der Waals surface area contributed by atoms with Gasteiger partial charge in [0.2, 0.25) is 5.91 Å². The third-order valence-corrected chi connectivity index (χ3v) is 6.20. The van der Waals surface area contributed by atoms with Crippen molar-refractivity contribution in [1.29, 1.82) is 0 Å². The van der Waals surface area contributed by atoms with E-state index in [2.05, 4.69) is 0 Å². The number of amides is 1. The van der Waals surface area contributed by atoms with Crippen LogP contribution in [0.4, 0.5) is 0 Å². The second-order valence-corrected chi connectivity index (χ2v) is 7.66. The third kappa shape index (κ3) is 4.01. The van der Waals surface area contributed by atoms with Gasteiger partial charge in [0.05, 0.1) is 15.4 Å². The number of hydrogen-bond acceptors (Lipinski definition) is 4. The predicted octanol–water partition coefficient (Wildman–Crippen LogP) is 3.33. The van der Waals surface area contributed by atoms with Crippen LogP contribution in [0.3, 0.4) is 0 Å². The molecule has 0 atom stereocenters. The summed E-state index contributed by atoms with van der Waals surface area (Å²) in [5, 5.41) is 11.5. The summed E-state index contributed by atoms with van der Waals surface area (Å²) in [4.78, 5) is 25.5. The molecule has 1 aromatic heterocycles. The maximum atomic E-state index is 12.2. The molecule has 21 heavy (non-hydrogen) atoms. The number of carboxylic acid groups (broad SMARTS) is 1. The van der Waals surface area contributed by atoms with Crippen molar-refractivity contribution in [2.75, 3.05) is 18.8 Å².